The van der Waals surface area contributed by atoms with E-state index in [1.165, 1.54) is 36.8 Å². The van der Waals surface area contributed by atoms with Crippen molar-refractivity contribution in [2.45, 2.75) is 45.1 Å². The maximum Gasteiger partial charge on any atom is 0.253 e. The molecule has 4 rings (SSSR count). The first-order chi connectivity index (χ1) is 12.1. The van der Waals surface area contributed by atoms with E-state index >= 15 is 0 Å². The number of aliphatic hydroxyl groups is 1. The van der Waals surface area contributed by atoms with E-state index in [0.29, 0.717) is 11.0 Å². The summed E-state index contributed by atoms with van der Waals surface area (Å²) in [5, 5.41) is 12.8. The number of amides is 1. The molecule has 0 saturated heterocycles. The number of para-hydroxylation sites is 1. The SMILES string of the molecule is C[C@H](CO)NC(=O)c1cnc2c(C3=CCC4(CC3)CC4)cccc2c1. The van der Waals surface area contributed by atoms with Gasteiger partial charge in [-0.1, -0.05) is 24.3 Å². The first kappa shape index (κ1) is 16.3. The van der Waals surface area contributed by atoms with Gasteiger partial charge in [0.25, 0.3) is 5.91 Å². The molecule has 1 heterocycles. The minimum atomic E-state index is -0.267. The molecule has 2 aromatic rings. The lowest BCUT2D eigenvalue weighted by Crippen LogP contribution is -2.35. The molecule has 0 bridgehead atoms. The Hall–Kier alpha value is -2.20. The highest BCUT2D eigenvalue weighted by Crippen LogP contribution is 2.56. The molecule has 0 aliphatic heterocycles. The van der Waals surface area contributed by atoms with Crippen molar-refractivity contribution in [3.63, 3.8) is 0 Å². The van der Waals surface area contributed by atoms with Gasteiger partial charge >= 0.3 is 0 Å². The molecule has 1 aromatic carbocycles. The molecule has 1 saturated carbocycles. The van der Waals surface area contributed by atoms with Crippen LogP contribution in [0, 0.1) is 5.41 Å². The number of pyridine rings is 1. The molecule has 1 fully saturated rings. The van der Waals surface area contributed by atoms with Crippen molar-refractivity contribution in [3.8, 4) is 0 Å². The zero-order valence-electron chi connectivity index (χ0n) is 14.6. The smallest absolute Gasteiger partial charge is 0.253 e. The summed E-state index contributed by atoms with van der Waals surface area (Å²) in [6.45, 7) is 1.69. The van der Waals surface area contributed by atoms with Gasteiger partial charge in [-0.3, -0.25) is 9.78 Å². The first-order valence-corrected chi connectivity index (χ1v) is 9.10. The van der Waals surface area contributed by atoms with E-state index in [2.05, 4.69) is 22.4 Å². The maximum atomic E-state index is 12.2. The highest BCUT2D eigenvalue weighted by molar-refractivity contribution is 5.99. The average Bonchev–Trinajstić information content (AvgIpc) is 3.40. The number of hydrogen-bond donors (Lipinski definition) is 2. The third-order valence-corrected chi connectivity index (χ3v) is 5.63. The lowest BCUT2D eigenvalue weighted by molar-refractivity contribution is 0.0922. The quantitative estimate of drug-likeness (QED) is 0.895. The van der Waals surface area contributed by atoms with Gasteiger partial charge in [0.15, 0.2) is 0 Å². The van der Waals surface area contributed by atoms with Crippen LogP contribution in [0.2, 0.25) is 0 Å². The summed E-state index contributed by atoms with van der Waals surface area (Å²) in [5.41, 5.74) is 4.70. The monoisotopic (exact) mass is 336 g/mol. The molecule has 2 aliphatic rings. The van der Waals surface area contributed by atoms with Gasteiger partial charge in [-0.05, 0) is 56.1 Å². The molecule has 0 radical (unpaired) electrons. The normalized spacial score (nSPS) is 19.5. The molecule has 130 valence electrons. The number of carbonyl (C=O) groups excluding carboxylic acids is 1. The molecule has 1 aromatic heterocycles. The number of allylic oxidation sites excluding steroid dienone is 2. The number of rotatable bonds is 4. The van der Waals surface area contributed by atoms with Crippen LogP contribution in [0.15, 0.2) is 36.5 Å². The van der Waals surface area contributed by atoms with E-state index < -0.39 is 0 Å². The lowest BCUT2D eigenvalue weighted by Gasteiger charge is -2.22. The van der Waals surface area contributed by atoms with Crippen LogP contribution in [0.5, 0.6) is 0 Å². The predicted octanol–water partition coefficient (Wildman–Crippen LogP) is 3.69. The second-order valence-corrected chi connectivity index (χ2v) is 7.59. The fourth-order valence-electron chi connectivity index (χ4n) is 3.72. The molecule has 4 heteroatoms. The number of carbonyl (C=O) groups is 1. The van der Waals surface area contributed by atoms with Crippen molar-refractivity contribution < 1.29 is 9.90 Å². The van der Waals surface area contributed by atoms with E-state index in [1.807, 2.05) is 18.2 Å². The second-order valence-electron chi connectivity index (χ2n) is 7.59. The van der Waals surface area contributed by atoms with Crippen molar-refractivity contribution in [1.82, 2.24) is 10.3 Å². The summed E-state index contributed by atoms with van der Waals surface area (Å²) < 4.78 is 0. The van der Waals surface area contributed by atoms with Gasteiger partial charge in [-0.25, -0.2) is 0 Å². The van der Waals surface area contributed by atoms with E-state index in [1.54, 1.807) is 13.1 Å². The zero-order chi connectivity index (χ0) is 17.4. The third-order valence-electron chi connectivity index (χ3n) is 5.63. The molecule has 25 heavy (non-hydrogen) atoms. The van der Waals surface area contributed by atoms with Gasteiger partial charge in [0.05, 0.1) is 17.7 Å². The van der Waals surface area contributed by atoms with Crippen molar-refractivity contribution in [2.24, 2.45) is 5.41 Å². The molecular weight excluding hydrogens is 312 g/mol. The van der Waals surface area contributed by atoms with Crippen LogP contribution in [-0.2, 0) is 0 Å². The summed E-state index contributed by atoms with van der Waals surface area (Å²) in [7, 11) is 0. The summed E-state index contributed by atoms with van der Waals surface area (Å²) in [5.74, 6) is -0.200. The van der Waals surface area contributed by atoms with Gasteiger partial charge < -0.3 is 10.4 Å². The van der Waals surface area contributed by atoms with E-state index in [-0.39, 0.29) is 18.6 Å². The highest BCUT2D eigenvalue weighted by Gasteiger charge is 2.42. The standard InChI is InChI=1S/C21H24N2O2/c1-14(13-24)23-20(25)17-11-16-3-2-4-18(19(16)22-12-17)15-5-7-21(8-6-15)9-10-21/h2-5,11-12,14,24H,6-10,13H2,1H3,(H,23,25)/t14-/m1/s1. The Bertz CT molecular complexity index is 852. The maximum absolute atomic E-state index is 12.2. The minimum Gasteiger partial charge on any atom is -0.394 e. The molecule has 1 spiro atoms. The van der Waals surface area contributed by atoms with Crippen LogP contribution < -0.4 is 5.32 Å². The predicted molar refractivity (Wildman–Crippen MR) is 99.3 cm³/mol. The fourth-order valence-corrected chi connectivity index (χ4v) is 3.72. The summed E-state index contributed by atoms with van der Waals surface area (Å²) in [4.78, 5) is 16.8. The molecule has 2 aliphatic carbocycles. The molecule has 4 nitrogen and oxygen atoms in total. The van der Waals surface area contributed by atoms with Crippen LogP contribution in [0.3, 0.4) is 0 Å². The van der Waals surface area contributed by atoms with Gasteiger partial charge in [0.1, 0.15) is 0 Å². The van der Waals surface area contributed by atoms with Gasteiger partial charge in [0, 0.05) is 23.2 Å². The van der Waals surface area contributed by atoms with Crippen LogP contribution in [0.25, 0.3) is 16.5 Å². The molecular formula is C21H24N2O2. The Labute approximate surface area is 148 Å². The van der Waals surface area contributed by atoms with Crippen molar-refractivity contribution in [2.75, 3.05) is 6.61 Å². The van der Waals surface area contributed by atoms with Crippen molar-refractivity contribution >= 4 is 22.4 Å². The molecule has 2 N–H and O–H groups in total. The average molecular weight is 336 g/mol. The zero-order valence-corrected chi connectivity index (χ0v) is 14.6. The Kier molecular flexibility index (Phi) is 4.08. The minimum absolute atomic E-state index is 0.0768. The number of fused-ring (bicyclic) bond motifs is 1. The number of nitrogens with one attached hydrogen (secondary N) is 1. The highest BCUT2D eigenvalue weighted by atomic mass is 16.3. The van der Waals surface area contributed by atoms with Crippen LogP contribution >= 0.6 is 0 Å². The Morgan fingerprint density at radius 3 is 2.88 bits per heavy atom. The number of benzene rings is 1. The van der Waals surface area contributed by atoms with E-state index in [9.17, 15) is 4.79 Å². The molecule has 0 unspecified atom stereocenters. The van der Waals surface area contributed by atoms with E-state index in [0.717, 1.165) is 17.3 Å². The molecule has 1 amide bonds. The summed E-state index contributed by atoms with van der Waals surface area (Å²) >= 11 is 0. The van der Waals surface area contributed by atoms with E-state index in [4.69, 9.17) is 5.11 Å². The number of nitrogens with zero attached hydrogens (tertiary/aromatic N) is 1. The fraction of sp³-hybridized carbons (Fsp3) is 0.429. The summed E-state index contributed by atoms with van der Waals surface area (Å²) in [6, 6.07) is 7.80. The Balaban J connectivity index is 1.64. The lowest BCUT2D eigenvalue weighted by atomic mass is 9.84. The topological polar surface area (TPSA) is 62.2 Å². The largest absolute Gasteiger partial charge is 0.394 e. The van der Waals surface area contributed by atoms with Gasteiger partial charge in [-0.15, -0.1) is 0 Å². The molecule has 1 atom stereocenters. The van der Waals surface area contributed by atoms with Crippen molar-refractivity contribution in [1.29, 1.82) is 0 Å². The number of hydrogen-bond acceptors (Lipinski definition) is 3. The second kappa shape index (κ2) is 6.26. The van der Waals surface area contributed by atoms with Crippen molar-refractivity contribution in [3.05, 3.63) is 47.7 Å². The summed E-state index contributed by atoms with van der Waals surface area (Å²) in [6.07, 6.45) is 10.4. The van der Waals surface area contributed by atoms with Crippen LogP contribution in [0.1, 0.15) is 54.9 Å². The third kappa shape index (κ3) is 3.19. The van der Waals surface area contributed by atoms with Gasteiger partial charge in [0.2, 0.25) is 0 Å². The Morgan fingerprint density at radius 1 is 1.36 bits per heavy atom. The first-order valence-electron chi connectivity index (χ1n) is 9.10. The van der Waals surface area contributed by atoms with Crippen LogP contribution in [0.4, 0.5) is 0 Å². The Morgan fingerprint density at radius 2 is 2.20 bits per heavy atom. The van der Waals surface area contributed by atoms with Crippen LogP contribution in [-0.4, -0.2) is 28.6 Å². The van der Waals surface area contributed by atoms with Gasteiger partial charge in [-0.2, -0.15) is 0 Å². The number of aliphatic hydroxyl groups excluding tert-OH is 1. The number of aromatic nitrogens is 1.